The van der Waals surface area contributed by atoms with Gasteiger partial charge in [-0.05, 0) is 41.0 Å². The Morgan fingerprint density at radius 3 is 1.63 bits per heavy atom. The molecule has 7 nitrogen and oxygen atoms in total. The van der Waals surface area contributed by atoms with Gasteiger partial charge in [-0.25, -0.2) is 0 Å². The molecule has 0 radical (unpaired) electrons. The molecule has 5 rings (SSSR count). The lowest BCUT2D eigenvalue weighted by Gasteiger charge is -2.44. The number of benzene rings is 4. The summed E-state index contributed by atoms with van der Waals surface area (Å²) in [7, 11) is 1.61. The first-order chi connectivity index (χ1) is 20.2. The summed E-state index contributed by atoms with van der Waals surface area (Å²) in [5.41, 5.74) is 3.00. The fraction of sp³-hybridized carbons (Fsp3) is 0.294. The molecule has 0 bridgehead atoms. The third kappa shape index (κ3) is 8.16. The van der Waals surface area contributed by atoms with E-state index in [1.807, 2.05) is 91.0 Å². The molecule has 1 aliphatic rings. The average Bonchev–Trinajstić information content (AvgIpc) is 3.02. The van der Waals surface area contributed by atoms with Crippen LogP contribution in [0, 0.1) is 0 Å². The van der Waals surface area contributed by atoms with Crippen molar-refractivity contribution in [2.45, 2.75) is 50.5 Å². The first-order valence-corrected chi connectivity index (χ1v) is 13.8. The van der Waals surface area contributed by atoms with Crippen molar-refractivity contribution in [1.82, 2.24) is 0 Å². The largest absolute Gasteiger partial charge is 0.497 e. The van der Waals surface area contributed by atoms with Crippen LogP contribution in [0.25, 0.3) is 0 Å². The molecule has 0 saturated carbocycles. The highest BCUT2D eigenvalue weighted by molar-refractivity contribution is 5.31. The minimum atomic E-state index is -1.05. The van der Waals surface area contributed by atoms with Gasteiger partial charge in [0.15, 0.2) is 0 Å². The summed E-state index contributed by atoms with van der Waals surface area (Å²) in [6.07, 6.45) is -4.13. The van der Waals surface area contributed by atoms with E-state index in [1.54, 1.807) is 31.4 Å². The normalized spacial score (nSPS) is 22.2. The van der Waals surface area contributed by atoms with Crippen LogP contribution < -0.4 is 9.47 Å². The third-order valence-electron chi connectivity index (χ3n) is 6.89. The third-order valence-corrected chi connectivity index (χ3v) is 6.89. The van der Waals surface area contributed by atoms with Gasteiger partial charge in [-0.15, -0.1) is 0 Å². The van der Waals surface area contributed by atoms with E-state index in [0.717, 1.165) is 16.7 Å². The van der Waals surface area contributed by atoms with E-state index in [1.165, 1.54) is 0 Å². The van der Waals surface area contributed by atoms with Crippen molar-refractivity contribution in [3.05, 3.63) is 132 Å². The van der Waals surface area contributed by atoms with Crippen LogP contribution in [0.4, 0.5) is 0 Å². The number of methoxy groups -OCH3 is 1. The van der Waals surface area contributed by atoms with Crippen LogP contribution in [0.5, 0.6) is 11.5 Å². The van der Waals surface area contributed by atoms with Crippen LogP contribution in [-0.2, 0) is 38.8 Å². The van der Waals surface area contributed by atoms with Crippen LogP contribution in [0.2, 0.25) is 0 Å². The van der Waals surface area contributed by atoms with Crippen LogP contribution in [-0.4, -0.2) is 49.5 Å². The number of aliphatic hydroxyl groups excluding tert-OH is 1. The van der Waals surface area contributed by atoms with Crippen molar-refractivity contribution in [2.24, 2.45) is 0 Å². The fourth-order valence-electron chi connectivity index (χ4n) is 4.70. The minimum Gasteiger partial charge on any atom is -0.497 e. The van der Waals surface area contributed by atoms with Gasteiger partial charge in [0.25, 0.3) is 0 Å². The average molecular weight is 557 g/mol. The summed E-state index contributed by atoms with van der Waals surface area (Å²) < 4.78 is 36.6. The molecule has 4 aromatic rings. The Bertz CT molecular complexity index is 1280. The van der Waals surface area contributed by atoms with E-state index < -0.39 is 30.7 Å². The molecule has 1 N–H and O–H groups in total. The highest BCUT2D eigenvalue weighted by Crippen LogP contribution is 2.30. The number of rotatable bonds is 13. The summed E-state index contributed by atoms with van der Waals surface area (Å²) in [6.45, 7) is 1.17. The number of hydrogen-bond acceptors (Lipinski definition) is 7. The summed E-state index contributed by atoms with van der Waals surface area (Å²) in [4.78, 5) is 0. The van der Waals surface area contributed by atoms with E-state index in [2.05, 4.69) is 0 Å². The topological polar surface area (TPSA) is 75.6 Å². The van der Waals surface area contributed by atoms with Crippen LogP contribution in [0.1, 0.15) is 16.7 Å². The summed E-state index contributed by atoms with van der Waals surface area (Å²) >= 11 is 0. The molecular formula is C34H36O7. The van der Waals surface area contributed by atoms with Crippen molar-refractivity contribution in [3.63, 3.8) is 0 Å². The van der Waals surface area contributed by atoms with E-state index in [9.17, 15) is 5.11 Å². The standard InChI is InChI=1S/C34H36O7/c1-36-28-17-19-29(20-18-28)40-34-33(39-23-27-15-9-4-10-16-27)31(35)32(38-22-26-13-7-3-8-14-26)30(41-34)24-37-21-25-11-5-2-6-12-25/h2-20,30-35H,21-24H2,1H3. The molecule has 0 aromatic heterocycles. The Hall–Kier alpha value is -3.72. The van der Waals surface area contributed by atoms with E-state index in [0.29, 0.717) is 24.7 Å². The molecule has 41 heavy (non-hydrogen) atoms. The van der Waals surface area contributed by atoms with Gasteiger partial charge < -0.3 is 33.5 Å². The first-order valence-electron chi connectivity index (χ1n) is 13.8. The molecule has 1 fully saturated rings. The van der Waals surface area contributed by atoms with E-state index in [4.69, 9.17) is 28.4 Å². The molecule has 5 atom stereocenters. The van der Waals surface area contributed by atoms with Crippen molar-refractivity contribution < 1.29 is 33.5 Å². The quantitative estimate of drug-likeness (QED) is 0.232. The lowest BCUT2D eigenvalue weighted by atomic mass is 9.98. The van der Waals surface area contributed by atoms with Gasteiger partial charge in [-0.3, -0.25) is 0 Å². The fourth-order valence-corrected chi connectivity index (χ4v) is 4.70. The second-order valence-electron chi connectivity index (χ2n) is 9.85. The molecular weight excluding hydrogens is 520 g/mol. The monoisotopic (exact) mass is 556 g/mol. The minimum absolute atomic E-state index is 0.194. The molecule has 5 unspecified atom stereocenters. The smallest absolute Gasteiger partial charge is 0.229 e. The number of aliphatic hydroxyl groups is 1. The Morgan fingerprint density at radius 1 is 0.610 bits per heavy atom. The summed E-state index contributed by atoms with van der Waals surface area (Å²) in [6, 6.07) is 36.7. The van der Waals surface area contributed by atoms with Gasteiger partial charge in [-0.2, -0.15) is 0 Å². The summed E-state index contributed by atoms with van der Waals surface area (Å²) in [5.74, 6) is 1.27. The summed E-state index contributed by atoms with van der Waals surface area (Å²) in [5, 5.41) is 11.7. The maximum atomic E-state index is 11.7. The maximum absolute atomic E-state index is 11.7. The molecule has 214 valence electrons. The molecule has 0 amide bonds. The predicted octanol–water partition coefficient (Wildman–Crippen LogP) is 5.55. The highest BCUT2D eigenvalue weighted by atomic mass is 16.7. The van der Waals surface area contributed by atoms with Crippen LogP contribution >= 0.6 is 0 Å². The van der Waals surface area contributed by atoms with E-state index >= 15 is 0 Å². The lowest BCUT2D eigenvalue weighted by Crippen LogP contribution is -2.61. The zero-order chi connectivity index (χ0) is 28.3. The maximum Gasteiger partial charge on any atom is 0.229 e. The highest BCUT2D eigenvalue weighted by Gasteiger charge is 2.48. The van der Waals surface area contributed by atoms with E-state index in [-0.39, 0.29) is 13.2 Å². The Kier molecular flexibility index (Phi) is 10.4. The van der Waals surface area contributed by atoms with Gasteiger partial charge >= 0.3 is 0 Å². The number of ether oxygens (including phenoxy) is 6. The van der Waals surface area contributed by atoms with Gasteiger partial charge in [0.2, 0.25) is 6.29 Å². The second kappa shape index (κ2) is 14.8. The Labute approximate surface area is 241 Å². The number of hydrogen-bond donors (Lipinski definition) is 1. The molecule has 1 aliphatic heterocycles. The van der Waals surface area contributed by atoms with Crippen LogP contribution in [0.3, 0.4) is 0 Å². The van der Waals surface area contributed by atoms with Gasteiger partial charge in [0.05, 0.1) is 33.5 Å². The zero-order valence-corrected chi connectivity index (χ0v) is 23.1. The Balaban J connectivity index is 1.36. The van der Waals surface area contributed by atoms with Gasteiger partial charge in [0, 0.05) is 0 Å². The van der Waals surface area contributed by atoms with Gasteiger partial charge in [-0.1, -0.05) is 91.0 Å². The second-order valence-corrected chi connectivity index (χ2v) is 9.85. The van der Waals surface area contributed by atoms with Crippen molar-refractivity contribution in [1.29, 1.82) is 0 Å². The zero-order valence-electron chi connectivity index (χ0n) is 23.1. The Morgan fingerprint density at radius 2 is 1.10 bits per heavy atom. The van der Waals surface area contributed by atoms with Crippen LogP contribution in [0.15, 0.2) is 115 Å². The van der Waals surface area contributed by atoms with Crippen molar-refractivity contribution in [3.8, 4) is 11.5 Å². The first kappa shape index (κ1) is 28.8. The molecule has 7 heteroatoms. The van der Waals surface area contributed by atoms with Gasteiger partial charge in [0.1, 0.15) is 35.9 Å². The van der Waals surface area contributed by atoms with Crippen molar-refractivity contribution in [2.75, 3.05) is 13.7 Å². The lowest BCUT2D eigenvalue weighted by molar-refractivity contribution is -0.301. The van der Waals surface area contributed by atoms with Crippen molar-refractivity contribution >= 4 is 0 Å². The molecule has 0 spiro atoms. The molecule has 1 heterocycles. The molecule has 0 aliphatic carbocycles. The predicted molar refractivity (Wildman–Crippen MR) is 154 cm³/mol. The molecule has 4 aromatic carbocycles. The molecule has 1 saturated heterocycles. The SMILES string of the molecule is COc1ccc(OC2OC(COCc3ccccc3)C(OCc3ccccc3)C(O)C2OCc2ccccc2)cc1.